The van der Waals surface area contributed by atoms with Gasteiger partial charge in [0, 0.05) is 24.5 Å². The van der Waals surface area contributed by atoms with Crippen LogP contribution in [-0.2, 0) is 0 Å². The second kappa shape index (κ2) is 10.7. The van der Waals surface area contributed by atoms with Gasteiger partial charge in [-0.2, -0.15) is 0 Å². The van der Waals surface area contributed by atoms with E-state index in [9.17, 15) is 9.59 Å². The molecule has 0 radical (unpaired) electrons. The Bertz CT molecular complexity index is 1160. The van der Waals surface area contributed by atoms with Gasteiger partial charge in [0.1, 0.15) is 0 Å². The summed E-state index contributed by atoms with van der Waals surface area (Å²) >= 11 is 6.19. The van der Waals surface area contributed by atoms with Gasteiger partial charge in [-0.3, -0.25) is 9.59 Å². The Morgan fingerprint density at radius 2 is 1.59 bits per heavy atom. The summed E-state index contributed by atoms with van der Waals surface area (Å²) in [5, 5.41) is 6.40. The van der Waals surface area contributed by atoms with Crippen molar-refractivity contribution >= 4 is 34.8 Å². The van der Waals surface area contributed by atoms with Crippen molar-refractivity contribution in [2.45, 2.75) is 32.7 Å². The standard InChI is InChI=1S/C28H30ClN3O2/c1-19-14-16-32(17-15-19)26-13-12-22(31-27(33)23-10-6-7-11-25(23)29)18-24(26)28(34)30-20(2)21-8-4-3-5-9-21/h3-13,18-20H,14-17H2,1-2H3,(H,30,34)(H,31,33). The molecular formula is C28H30ClN3O2. The van der Waals surface area contributed by atoms with E-state index in [0.717, 1.165) is 37.2 Å². The van der Waals surface area contributed by atoms with E-state index in [-0.39, 0.29) is 17.9 Å². The van der Waals surface area contributed by atoms with Gasteiger partial charge in [-0.05, 0) is 61.6 Å². The molecular weight excluding hydrogens is 446 g/mol. The number of piperidine rings is 1. The van der Waals surface area contributed by atoms with Crippen molar-refractivity contribution in [2.75, 3.05) is 23.3 Å². The minimum absolute atomic E-state index is 0.149. The predicted molar refractivity (Wildman–Crippen MR) is 139 cm³/mol. The minimum Gasteiger partial charge on any atom is -0.371 e. The topological polar surface area (TPSA) is 61.4 Å². The number of benzene rings is 3. The van der Waals surface area contributed by atoms with Gasteiger partial charge < -0.3 is 15.5 Å². The Balaban J connectivity index is 1.61. The number of carbonyl (C=O) groups excluding carboxylic acids is 2. The second-order valence-corrected chi connectivity index (χ2v) is 9.35. The van der Waals surface area contributed by atoms with Crippen LogP contribution in [0.2, 0.25) is 5.02 Å². The molecule has 1 fully saturated rings. The number of nitrogens with one attached hydrogen (secondary N) is 2. The first kappa shape index (κ1) is 23.8. The van der Waals surface area contributed by atoms with Gasteiger partial charge >= 0.3 is 0 Å². The Kier molecular flexibility index (Phi) is 7.53. The molecule has 1 aliphatic rings. The van der Waals surface area contributed by atoms with Crippen molar-refractivity contribution < 1.29 is 9.59 Å². The molecule has 1 unspecified atom stereocenters. The Morgan fingerprint density at radius 1 is 0.912 bits per heavy atom. The van der Waals surface area contributed by atoms with Crippen LogP contribution in [0.25, 0.3) is 0 Å². The lowest BCUT2D eigenvalue weighted by atomic mass is 9.97. The number of hydrogen-bond donors (Lipinski definition) is 2. The van der Waals surface area contributed by atoms with Gasteiger partial charge in [-0.1, -0.05) is 61.0 Å². The molecule has 5 nitrogen and oxygen atoms in total. The van der Waals surface area contributed by atoms with Crippen molar-refractivity contribution in [1.82, 2.24) is 5.32 Å². The smallest absolute Gasteiger partial charge is 0.257 e. The molecule has 1 heterocycles. The van der Waals surface area contributed by atoms with Crippen molar-refractivity contribution in [3.63, 3.8) is 0 Å². The first-order valence-electron chi connectivity index (χ1n) is 11.7. The highest BCUT2D eigenvalue weighted by molar-refractivity contribution is 6.34. The Morgan fingerprint density at radius 3 is 2.29 bits per heavy atom. The lowest BCUT2D eigenvalue weighted by molar-refractivity contribution is 0.0939. The van der Waals surface area contributed by atoms with Gasteiger partial charge in [0.25, 0.3) is 11.8 Å². The molecule has 176 valence electrons. The first-order chi connectivity index (χ1) is 16.4. The Hall–Kier alpha value is -3.31. The van der Waals surface area contributed by atoms with Crippen molar-refractivity contribution in [1.29, 1.82) is 0 Å². The summed E-state index contributed by atoms with van der Waals surface area (Å²) in [5.41, 5.74) is 3.42. The third-order valence-corrected chi connectivity index (χ3v) is 6.72. The third kappa shape index (κ3) is 5.60. The fourth-order valence-electron chi connectivity index (χ4n) is 4.26. The SMILES string of the molecule is CC1CCN(c2ccc(NC(=O)c3ccccc3Cl)cc2C(=O)NC(C)c2ccccc2)CC1. The van der Waals surface area contributed by atoms with Gasteiger partial charge in [-0.15, -0.1) is 0 Å². The average Bonchev–Trinajstić information content (AvgIpc) is 2.85. The van der Waals surface area contributed by atoms with Gasteiger partial charge in [0.2, 0.25) is 0 Å². The zero-order valence-electron chi connectivity index (χ0n) is 19.6. The number of carbonyl (C=O) groups is 2. The summed E-state index contributed by atoms with van der Waals surface area (Å²) in [4.78, 5) is 28.5. The fraction of sp³-hybridized carbons (Fsp3) is 0.286. The molecule has 1 aliphatic heterocycles. The maximum Gasteiger partial charge on any atom is 0.257 e. The van der Waals surface area contributed by atoms with E-state index in [4.69, 9.17) is 11.6 Å². The van der Waals surface area contributed by atoms with Crippen LogP contribution < -0.4 is 15.5 Å². The van der Waals surface area contributed by atoms with Crippen LogP contribution in [-0.4, -0.2) is 24.9 Å². The van der Waals surface area contributed by atoms with E-state index in [1.165, 1.54) is 0 Å². The normalized spacial score (nSPS) is 15.0. The lowest BCUT2D eigenvalue weighted by Crippen LogP contribution is -2.35. The summed E-state index contributed by atoms with van der Waals surface area (Å²) < 4.78 is 0. The highest BCUT2D eigenvalue weighted by atomic mass is 35.5. The number of rotatable bonds is 6. The van der Waals surface area contributed by atoms with Crippen molar-refractivity contribution in [2.24, 2.45) is 5.92 Å². The number of nitrogens with zero attached hydrogens (tertiary/aromatic N) is 1. The molecule has 0 aromatic heterocycles. The Labute approximate surface area is 206 Å². The van der Waals surface area contributed by atoms with Crippen LogP contribution in [0.4, 0.5) is 11.4 Å². The summed E-state index contributed by atoms with van der Waals surface area (Å²) in [7, 11) is 0. The molecule has 34 heavy (non-hydrogen) atoms. The van der Waals surface area contributed by atoms with Crippen molar-refractivity contribution in [3.8, 4) is 0 Å². The van der Waals surface area contributed by atoms with Crippen molar-refractivity contribution in [3.05, 3.63) is 94.5 Å². The molecule has 0 saturated carbocycles. The fourth-order valence-corrected chi connectivity index (χ4v) is 4.49. The highest BCUT2D eigenvalue weighted by Gasteiger charge is 2.23. The molecule has 0 spiro atoms. The summed E-state index contributed by atoms with van der Waals surface area (Å²) in [5.74, 6) is 0.203. The van der Waals surface area contributed by atoms with Gasteiger partial charge in [0.05, 0.1) is 22.2 Å². The summed E-state index contributed by atoms with van der Waals surface area (Å²) in [6, 6.07) is 22.2. The first-order valence-corrected chi connectivity index (χ1v) is 12.1. The van der Waals surface area contributed by atoms with Gasteiger partial charge in [0.15, 0.2) is 0 Å². The van der Waals surface area contributed by atoms with E-state index in [2.05, 4.69) is 22.5 Å². The highest BCUT2D eigenvalue weighted by Crippen LogP contribution is 2.30. The lowest BCUT2D eigenvalue weighted by Gasteiger charge is -2.33. The van der Waals surface area contributed by atoms with Crippen LogP contribution in [0.15, 0.2) is 72.8 Å². The second-order valence-electron chi connectivity index (χ2n) is 8.94. The molecule has 2 amide bonds. The van der Waals surface area contributed by atoms with Crippen LogP contribution in [0.3, 0.4) is 0 Å². The largest absolute Gasteiger partial charge is 0.371 e. The molecule has 1 saturated heterocycles. The van der Waals surface area contributed by atoms with E-state index >= 15 is 0 Å². The van der Waals surface area contributed by atoms with Crippen LogP contribution >= 0.6 is 11.6 Å². The number of amides is 2. The van der Waals surface area contributed by atoms with Crippen LogP contribution in [0.1, 0.15) is 59.0 Å². The molecule has 4 rings (SSSR count). The van der Waals surface area contributed by atoms with E-state index < -0.39 is 0 Å². The maximum absolute atomic E-state index is 13.4. The number of hydrogen-bond acceptors (Lipinski definition) is 3. The minimum atomic E-state index is -0.311. The molecule has 2 N–H and O–H groups in total. The zero-order valence-corrected chi connectivity index (χ0v) is 20.3. The average molecular weight is 476 g/mol. The zero-order chi connectivity index (χ0) is 24.1. The monoisotopic (exact) mass is 475 g/mol. The van der Waals surface area contributed by atoms with Crippen LogP contribution in [0.5, 0.6) is 0 Å². The van der Waals surface area contributed by atoms with E-state index in [1.807, 2.05) is 49.4 Å². The van der Waals surface area contributed by atoms with Gasteiger partial charge in [-0.25, -0.2) is 0 Å². The summed E-state index contributed by atoms with van der Waals surface area (Å²) in [6.07, 6.45) is 2.18. The molecule has 6 heteroatoms. The summed E-state index contributed by atoms with van der Waals surface area (Å²) in [6.45, 7) is 6.04. The number of halogens is 1. The van der Waals surface area contributed by atoms with E-state index in [0.29, 0.717) is 27.8 Å². The molecule has 0 bridgehead atoms. The van der Waals surface area contributed by atoms with Crippen LogP contribution in [0, 0.1) is 5.92 Å². The number of anilines is 2. The molecule has 0 aliphatic carbocycles. The molecule has 3 aromatic rings. The predicted octanol–water partition coefficient (Wildman–Crippen LogP) is 6.32. The third-order valence-electron chi connectivity index (χ3n) is 6.39. The molecule has 1 atom stereocenters. The maximum atomic E-state index is 13.4. The molecule has 3 aromatic carbocycles. The quantitative estimate of drug-likeness (QED) is 0.438. The van der Waals surface area contributed by atoms with E-state index in [1.54, 1.807) is 30.3 Å².